The molecular weight excluding hydrogens is 332 g/mol. The van der Waals surface area contributed by atoms with Gasteiger partial charge in [-0.25, -0.2) is 14.3 Å². The predicted molar refractivity (Wildman–Crippen MR) is 85.2 cm³/mol. The molecule has 140 valence electrons. The predicted octanol–water partition coefficient (Wildman–Crippen LogP) is 0.0641. The first-order valence-corrected chi connectivity index (χ1v) is 7.98. The van der Waals surface area contributed by atoms with E-state index < -0.39 is 29.8 Å². The van der Waals surface area contributed by atoms with Gasteiger partial charge >= 0.3 is 12.1 Å². The molecule has 2 N–H and O–H groups in total. The van der Waals surface area contributed by atoms with Gasteiger partial charge in [-0.05, 0) is 20.8 Å². The molecule has 10 nitrogen and oxygen atoms in total. The summed E-state index contributed by atoms with van der Waals surface area (Å²) in [4.78, 5) is 23.6. The smallest absolute Gasteiger partial charge is 0.407 e. The first-order chi connectivity index (χ1) is 11.7. The van der Waals surface area contributed by atoms with Crippen LogP contribution in [0.25, 0.3) is 0 Å². The molecule has 1 aromatic heterocycles. The van der Waals surface area contributed by atoms with Crippen molar-refractivity contribution in [1.29, 1.82) is 0 Å². The summed E-state index contributed by atoms with van der Waals surface area (Å²) in [6.07, 6.45) is -1.04. The highest BCUT2D eigenvalue weighted by Crippen LogP contribution is 2.22. The number of carbonyl (C=O) groups excluding carboxylic acids is 2. The van der Waals surface area contributed by atoms with Crippen LogP contribution in [0.5, 0.6) is 0 Å². The average Bonchev–Trinajstić information content (AvgIpc) is 3.10. The summed E-state index contributed by atoms with van der Waals surface area (Å²) in [6, 6.07) is -0.442. The van der Waals surface area contributed by atoms with Gasteiger partial charge < -0.3 is 24.6 Å². The minimum Gasteiger partial charge on any atom is -0.464 e. The van der Waals surface area contributed by atoms with Crippen LogP contribution in [0.3, 0.4) is 0 Å². The van der Waals surface area contributed by atoms with Crippen molar-refractivity contribution in [2.75, 3.05) is 26.9 Å². The van der Waals surface area contributed by atoms with Crippen molar-refractivity contribution in [3.63, 3.8) is 0 Å². The molecule has 2 rings (SSSR count). The van der Waals surface area contributed by atoms with Crippen LogP contribution in [-0.2, 0) is 20.6 Å². The minimum atomic E-state index is -0.746. The van der Waals surface area contributed by atoms with E-state index in [-0.39, 0.29) is 31.9 Å². The Labute approximate surface area is 145 Å². The number of amides is 1. The maximum absolute atomic E-state index is 11.9. The summed E-state index contributed by atoms with van der Waals surface area (Å²) in [7, 11) is 1.25. The highest BCUT2D eigenvalue weighted by Gasteiger charge is 2.33. The molecule has 1 aliphatic rings. The monoisotopic (exact) mass is 356 g/mol. The lowest BCUT2D eigenvalue weighted by Crippen LogP contribution is -2.34. The summed E-state index contributed by atoms with van der Waals surface area (Å²) >= 11 is 0. The Morgan fingerprint density at radius 2 is 2.12 bits per heavy atom. The number of rotatable bonds is 5. The van der Waals surface area contributed by atoms with Crippen LogP contribution in [0, 0.1) is 0 Å². The summed E-state index contributed by atoms with van der Waals surface area (Å²) in [5.74, 6) is -0.632. The number of methoxy groups -OCH3 is 1. The fourth-order valence-corrected chi connectivity index (χ4v) is 2.43. The molecule has 1 aromatic rings. The van der Waals surface area contributed by atoms with Crippen LogP contribution in [-0.4, -0.2) is 70.7 Å². The molecule has 1 saturated heterocycles. The van der Waals surface area contributed by atoms with E-state index in [2.05, 4.69) is 15.6 Å². The van der Waals surface area contributed by atoms with E-state index in [4.69, 9.17) is 14.2 Å². The average molecular weight is 356 g/mol. The van der Waals surface area contributed by atoms with Crippen molar-refractivity contribution in [3.05, 3.63) is 11.4 Å². The largest absolute Gasteiger partial charge is 0.464 e. The third-order valence-corrected chi connectivity index (χ3v) is 3.54. The van der Waals surface area contributed by atoms with E-state index in [9.17, 15) is 14.7 Å². The van der Waals surface area contributed by atoms with E-state index in [0.29, 0.717) is 5.69 Å². The highest BCUT2D eigenvalue weighted by molar-refractivity contribution is 5.88. The summed E-state index contributed by atoms with van der Waals surface area (Å²) in [5.41, 5.74) is -0.0966. The second-order valence-corrected chi connectivity index (χ2v) is 6.67. The molecule has 2 atom stereocenters. The lowest BCUT2D eigenvalue weighted by molar-refractivity contribution is 0.0527. The first-order valence-electron chi connectivity index (χ1n) is 7.98. The van der Waals surface area contributed by atoms with Crippen molar-refractivity contribution in [2.24, 2.45) is 0 Å². The van der Waals surface area contributed by atoms with E-state index in [0.717, 1.165) is 0 Å². The Morgan fingerprint density at radius 3 is 2.68 bits per heavy atom. The fraction of sp³-hybridized carbons (Fsp3) is 0.733. The number of aliphatic hydroxyl groups excluding tert-OH is 1. The molecule has 0 aromatic carbocycles. The number of nitrogens with one attached hydrogen (secondary N) is 1. The number of nitrogens with zero attached hydrogens (tertiary/aromatic N) is 3. The van der Waals surface area contributed by atoms with Crippen molar-refractivity contribution in [1.82, 2.24) is 20.3 Å². The number of alkyl carbamates (subject to hydrolysis) is 1. The zero-order chi connectivity index (χ0) is 18.6. The molecular formula is C15H24N4O6. The van der Waals surface area contributed by atoms with E-state index >= 15 is 0 Å². The van der Waals surface area contributed by atoms with Crippen molar-refractivity contribution in [2.45, 2.75) is 44.9 Å². The zero-order valence-corrected chi connectivity index (χ0v) is 14.8. The van der Waals surface area contributed by atoms with E-state index in [1.54, 1.807) is 20.8 Å². The number of hydrogen-bond acceptors (Lipinski definition) is 8. The maximum Gasteiger partial charge on any atom is 0.407 e. The molecule has 0 aliphatic carbocycles. The molecule has 1 fully saturated rings. The number of hydrogen-bond donors (Lipinski definition) is 2. The van der Waals surface area contributed by atoms with Gasteiger partial charge in [0.25, 0.3) is 0 Å². The van der Waals surface area contributed by atoms with Gasteiger partial charge in [-0.2, -0.15) is 0 Å². The molecule has 1 aliphatic heterocycles. The van der Waals surface area contributed by atoms with Crippen molar-refractivity contribution < 1.29 is 28.9 Å². The molecule has 1 amide bonds. The molecule has 0 spiro atoms. The number of ether oxygens (including phenoxy) is 3. The fourth-order valence-electron chi connectivity index (χ4n) is 2.43. The number of carbonyl (C=O) groups is 2. The van der Waals surface area contributed by atoms with Gasteiger partial charge in [0.2, 0.25) is 0 Å². The van der Waals surface area contributed by atoms with E-state index in [1.165, 1.54) is 11.8 Å². The van der Waals surface area contributed by atoms with Gasteiger partial charge in [-0.1, -0.05) is 5.21 Å². The quantitative estimate of drug-likeness (QED) is 0.710. The lowest BCUT2D eigenvalue weighted by Gasteiger charge is -2.20. The molecule has 2 heterocycles. The van der Waals surface area contributed by atoms with Crippen LogP contribution >= 0.6 is 0 Å². The van der Waals surface area contributed by atoms with Gasteiger partial charge in [-0.3, -0.25) is 0 Å². The number of esters is 1. The van der Waals surface area contributed by atoms with Crippen molar-refractivity contribution in [3.8, 4) is 0 Å². The highest BCUT2D eigenvalue weighted by atomic mass is 16.6. The molecule has 0 bridgehead atoms. The van der Waals surface area contributed by atoms with Crippen LogP contribution < -0.4 is 5.32 Å². The first kappa shape index (κ1) is 19.1. The summed E-state index contributed by atoms with van der Waals surface area (Å²) in [6.45, 7) is 5.95. The Morgan fingerprint density at radius 1 is 1.40 bits per heavy atom. The normalized spacial score (nSPS) is 20.4. The number of aromatic nitrogens is 3. The molecule has 25 heavy (non-hydrogen) atoms. The van der Waals surface area contributed by atoms with Crippen LogP contribution in [0.1, 0.15) is 43.0 Å². The zero-order valence-electron chi connectivity index (χ0n) is 14.8. The third-order valence-electron chi connectivity index (χ3n) is 3.54. The van der Waals surface area contributed by atoms with Crippen LogP contribution in [0.15, 0.2) is 0 Å². The van der Waals surface area contributed by atoms with Gasteiger partial charge in [0.15, 0.2) is 5.69 Å². The van der Waals surface area contributed by atoms with Gasteiger partial charge in [0, 0.05) is 13.0 Å². The maximum atomic E-state index is 11.9. The van der Waals surface area contributed by atoms with Crippen molar-refractivity contribution >= 4 is 12.1 Å². The van der Waals surface area contributed by atoms with Gasteiger partial charge in [0.1, 0.15) is 17.7 Å². The Balaban J connectivity index is 2.10. The second-order valence-electron chi connectivity index (χ2n) is 6.67. The minimum absolute atomic E-state index is 0.0487. The topological polar surface area (TPSA) is 125 Å². The standard InChI is InChI=1S/C15H24N4O6/c1-15(2,3)25-14(22)16-6-5-9-12(13(21)23-4)17-18-19(9)10-7-24-8-11(10)20/h10-11,20H,5-8H2,1-4H3,(H,16,22). The summed E-state index contributed by atoms with van der Waals surface area (Å²) < 4.78 is 16.6. The number of aliphatic hydroxyl groups is 1. The van der Waals surface area contributed by atoms with Gasteiger partial charge in [0.05, 0.1) is 26.0 Å². The third kappa shape index (κ3) is 4.89. The van der Waals surface area contributed by atoms with Gasteiger partial charge in [-0.15, -0.1) is 5.10 Å². The second kappa shape index (κ2) is 7.79. The summed E-state index contributed by atoms with van der Waals surface area (Å²) in [5, 5.41) is 20.4. The molecule has 0 radical (unpaired) electrons. The molecule has 0 saturated carbocycles. The van der Waals surface area contributed by atoms with Crippen LogP contribution in [0.4, 0.5) is 4.79 Å². The Bertz CT molecular complexity index is 624. The Hall–Kier alpha value is -2.20. The lowest BCUT2D eigenvalue weighted by atomic mass is 10.1. The van der Waals surface area contributed by atoms with E-state index in [1.807, 2.05) is 0 Å². The molecule has 10 heteroatoms. The Kier molecular flexibility index (Phi) is 5.96. The van der Waals surface area contributed by atoms with Crippen LogP contribution in [0.2, 0.25) is 0 Å². The molecule has 2 unspecified atom stereocenters. The SMILES string of the molecule is COC(=O)c1nnn(C2COCC2O)c1CCNC(=O)OC(C)(C)C.